The Morgan fingerprint density at radius 2 is 1.90 bits per heavy atom. The molecule has 0 aliphatic heterocycles. The van der Waals surface area contributed by atoms with Gasteiger partial charge in [-0.15, -0.1) is 0 Å². The van der Waals surface area contributed by atoms with Gasteiger partial charge in [0.25, 0.3) is 5.91 Å². The van der Waals surface area contributed by atoms with Gasteiger partial charge in [-0.3, -0.25) is 4.79 Å². The second-order valence-electron chi connectivity index (χ2n) is 6.80. The third kappa shape index (κ3) is 5.35. The molecule has 1 fully saturated rings. The van der Waals surface area contributed by atoms with Crippen LogP contribution in [0.5, 0.6) is 0 Å². The standard InChI is InChI=1S/C19H19BrClFN2O4S/c20-14-9-11(5-8-16(14)22)23-19(26)13-10-12(6-7-15(13)21)29(27,28)24-17-3-1-2-4-18(17)25/h5-10,17-18,24-25H,1-4H2,(H,23,26). The van der Waals surface area contributed by atoms with Crippen molar-refractivity contribution in [2.24, 2.45) is 0 Å². The van der Waals surface area contributed by atoms with E-state index in [2.05, 4.69) is 26.0 Å². The number of rotatable bonds is 5. The molecule has 1 saturated carbocycles. The number of aliphatic hydroxyl groups is 1. The van der Waals surface area contributed by atoms with Gasteiger partial charge >= 0.3 is 0 Å². The maximum Gasteiger partial charge on any atom is 0.257 e. The summed E-state index contributed by atoms with van der Waals surface area (Å²) in [6.07, 6.45) is 2.01. The Balaban J connectivity index is 1.83. The molecule has 6 nitrogen and oxygen atoms in total. The first kappa shape index (κ1) is 22.2. The van der Waals surface area contributed by atoms with Crippen LogP contribution in [0.4, 0.5) is 10.1 Å². The highest BCUT2D eigenvalue weighted by atomic mass is 79.9. The van der Waals surface area contributed by atoms with Crippen molar-refractivity contribution in [1.82, 2.24) is 4.72 Å². The first-order valence-electron chi connectivity index (χ1n) is 8.94. The van der Waals surface area contributed by atoms with E-state index in [9.17, 15) is 22.7 Å². The highest BCUT2D eigenvalue weighted by molar-refractivity contribution is 9.10. The summed E-state index contributed by atoms with van der Waals surface area (Å²) in [4.78, 5) is 12.5. The Bertz CT molecular complexity index is 1030. The van der Waals surface area contributed by atoms with Gasteiger partial charge in [0, 0.05) is 11.7 Å². The van der Waals surface area contributed by atoms with Crippen LogP contribution in [-0.4, -0.2) is 31.6 Å². The molecule has 2 aromatic carbocycles. The topological polar surface area (TPSA) is 95.5 Å². The van der Waals surface area contributed by atoms with Gasteiger partial charge < -0.3 is 10.4 Å². The first-order valence-corrected chi connectivity index (χ1v) is 11.6. The number of carbonyl (C=O) groups is 1. The summed E-state index contributed by atoms with van der Waals surface area (Å²) in [7, 11) is -3.96. The van der Waals surface area contributed by atoms with E-state index in [-0.39, 0.29) is 20.0 Å². The molecule has 29 heavy (non-hydrogen) atoms. The van der Waals surface area contributed by atoms with E-state index < -0.39 is 33.9 Å². The van der Waals surface area contributed by atoms with Crippen molar-refractivity contribution in [1.29, 1.82) is 0 Å². The van der Waals surface area contributed by atoms with Crippen molar-refractivity contribution in [2.75, 3.05) is 5.32 Å². The van der Waals surface area contributed by atoms with Gasteiger partial charge in [-0.05, 0) is 65.2 Å². The Hall–Kier alpha value is -1.52. The van der Waals surface area contributed by atoms with E-state index >= 15 is 0 Å². The van der Waals surface area contributed by atoms with Crippen molar-refractivity contribution in [3.05, 3.63) is 57.3 Å². The minimum Gasteiger partial charge on any atom is -0.391 e. The molecule has 1 aliphatic rings. The maximum absolute atomic E-state index is 13.4. The van der Waals surface area contributed by atoms with E-state index in [0.29, 0.717) is 18.5 Å². The summed E-state index contributed by atoms with van der Waals surface area (Å²) in [6, 6.07) is 7.16. The average Bonchev–Trinajstić information content (AvgIpc) is 2.66. The molecule has 2 aromatic rings. The lowest BCUT2D eigenvalue weighted by Gasteiger charge is -2.28. The zero-order valence-corrected chi connectivity index (χ0v) is 18.3. The van der Waals surface area contributed by atoms with Crippen LogP contribution in [-0.2, 0) is 10.0 Å². The van der Waals surface area contributed by atoms with Crippen LogP contribution < -0.4 is 10.0 Å². The smallest absolute Gasteiger partial charge is 0.257 e. The van der Waals surface area contributed by atoms with Gasteiger partial charge in [0.2, 0.25) is 10.0 Å². The summed E-state index contributed by atoms with van der Waals surface area (Å²) in [5.74, 6) is -1.12. The molecule has 10 heteroatoms. The Morgan fingerprint density at radius 3 is 2.59 bits per heavy atom. The predicted octanol–water partition coefficient (Wildman–Crippen LogP) is 4.08. The van der Waals surface area contributed by atoms with E-state index in [0.717, 1.165) is 12.8 Å². The Labute approximate surface area is 181 Å². The molecular weight excluding hydrogens is 487 g/mol. The lowest BCUT2D eigenvalue weighted by Crippen LogP contribution is -2.44. The number of anilines is 1. The number of hydrogen-bond acceptors (Lipinski definition) is 4. The molecule has 0 bridgehead atoms. The molecule has 0 spiro atoms. The maximum atomic E-state index is 13.4. The summed E-state index contributed by atoms with van der Waals surface area (Å²) < 4.78 is 41.5. The SMILES string of the molecule is O=C(Nc1ccc(F)c(Br)c1)c1cc(S(=O)(=O)NC2CCCCC2O)ccc1Cl. The Morgan fingerprint density at radius 1 is 1.17 bits per heavy atom. The molecule has 3 rings (SSSR count). The van der Waals surface area contributed by atoms with Gasteiger partial charge in [-0.1, -0.05) is 24.4 Å². The van der Waals surface area contributed by atoms with Crippen molar-refractivity contribution >= 4 is 49.1 Å². The number of hydrogen-bond donors (Lipinski definition) is 3. The lowest BCUT2D eigenvalue weighted by atomic mass is 9.93. The Kier molecular flexibility index (Phi) is 6.95. The molecule has 2 atom stereocenters. The normalized spacial score (nSPS) is 19.7. The van der Waals surface area contributed by atoms with Crippen LogP contribution in [0, 0.1) is 5.82 Å². The van der Waals surface area contributed by atoms with Gasteiger partial charge in [0.15, 0.2) is 0 Å². The average molecular weight is 506 g/mol. The molecule has 2 unspecified atom stereocenters. The fraction of sp³-hybridized carbons (Fsp3) is 0.316. The predicted molar refractivity (Wildman–Crippen MR) is 112 cm³/mol. The van der Waals surface area contributed by atoms with Gasteiger partial charge in [0.1, 0.15) is 5.82 Å². The van der Waals surface area contributed by atoms with Crippen molar-refractivity contribution in [3.8, 4) is 0 Å². The van der Waals surface area contributed by atoms with Crippen molar-refractivity contribution < 1.29 is 22.7 Å². The van der Waals surface area contributed by atoms with E-state index in [1.807, 2.05) is 0 Å². The second-order valence-corrected chi connectivity index (χ2v) is 9.78. The van der Waals surface area contributed by atoms with Crippen LogP contribution in [0.2, 0.25) is 5.02 Å². The van der Waals surface area contributed by atoms with Gasteiger partial charge in [-0.2, -0.15) is 0 Å². The van der Waals surface area contributed by atoms with Crippen LogP contribution in [0.3, 0.4) is 0 Å². The van der Waals surface area contributed by atoms with Gasteiger partial charge in [0.05, 0.1) is 26.1 Å². The molecule has 0 radical (unpaired) electrons. The van der Waals surface area contributed by atoms with Crippen LogP contribution in [0.1, 0.15) is 36.0 Å². The summed E-state index contributed by atoms with van der Waals surface area (Å²) in [6.45, 7) is 0. The molecule has 0 aromatic heterocycles. The fourth-order valence-corrected chi connectivity index (χ4v) is 5.05. The minimum atomic E-state index is -3.96. The molecule has 156 valence electrons. The minimum absolute atomic E-state index is 0.0424. The highest BCUT2D eigenvalue weighted by Gasteiger charge is 2.28. The van der Waals surface area contributed by atoms with E-state index in [1.165, 1.54) is 36.4 Å². The van der Waals surface area contributed by atoms with Crippen LogP contribution >= 0.6 is 27.5 Å². The van der Waals surface area contributed by atoms with Crippen LogP contribution in [0.15, 0.2) is 45.8 Å². The number of halogens is 3. The fourth-order valence-electron chi connectivity index (χ4n) is 3.13. The molecule has 3 N–H and O–H groups in total. The lowest BCUT2D eigenvalue weighted by molar-refractivity contribution is 0.101. The number of carbonyl (C=O) groups excluding carboxylic acids is 1. The largest absolute Gasteiger partial charge is 0.391 e. The number of amides is 1. The summed E-state index contributed by atoms with van der Waals surface area (Å²) >= 11 is 9.13. The second kappa shape index (κ2) is 9.09. The van der Waals surface area contributed by atoms with Crippen molar-refractivity contribution in [2.45, 2.75) is 42.7 Å². The number of sulfonamides is 1. The zero-order valence-electron chi connectivity index (χ0n) is 15.2. The molecule has 0 heterocycles. The first-order chi connectivity index (χ1) is 13.7. The molecule has 0 saturated heterocycles. The summed E-state index contributed by atoms with van der Waals surface area (Å²) in [5.41, 5.74) is 0.273. The quantitative estimate of drug-likeness (QED) is 0.571. The molecule has 1 amide bonds. The van der Waals surface area contributed by atoms with Gasteiger partial charge in [-0.25, -0.2) is 17.5 Å². The zero-order chi connectivity index (χ0) is 21.2. The van der Waals surface area contributed by atoms with Crippen molar-refractivity contribution in [3.63, 3.8) is 0 Å². The molecule has 1 aliphatic carbocycles. The summed E-state index contributed by atoms with van der Waals surface area (Å²) in [5, 5.41) is 12.7. The number of nitrogens with one attached hydrogen (secondary N) is 2. The van der Waals surface area contributed by atoms with Crippen LogP contribution in [0.25, 0.3) is 0 Å². The number of benzene rings is 2. The third-order valence-corrected chi connectivity index (χ3v) is 7.13. The van der Waals surface area contributed by atoms with E-state index in [1.54, 1.807) is 0 Å². The highest BCUT2D eigenvalue weighted by Crippen LogP contribution is 2.25. The van der Waals surface area contributed by atoms with E-state index in [4.69, 9.17) is 11.6 Å². The molecular formula is C19H19BrClFN2O4S. The number of aliphatic hydroxyl groups excluding tert-OH is 1. The monoisotopic (exact) mass is 504 g/mol. The third-order valence-electron chi connectivity index (χ3n) is 4.71.